The van der Waals surface area contributed by atoms with E-state index in [0.29, 0.717) is 17.8 Å². The molecule has 1 saturated heterocycles. The van der Waals surface area contributed by atoms with Gasteiger partial charge in [-0.05, 0) is 26.1 Å². The molecule has 6 nitrogen and oxygen atoms in total. The molecule has 2 rings (SSSR count). The molecule has 1 aliphatic rings. The number of hydrogen-bond acceptors (Lipinski definition) is 5. The number of halogens is 1. The maximum Gasteiger partial charge on any atom is 0.311 e. The number of nitro groups is 1. The normalized spacial score (nSPS) is 23.1. The van der Waals surface area contributed by atoms with Crippen LogP contribution < -0.4 is 4.90 Å². The number of pyridine rings is 1. The number of hydrogen-bond donors (Lipinski definition) is 0. The lowest BCUT2D eigenvalue weighted by atomic mass is 10.1. The molecule has 104 valence electrons. The molecule has 0 saturated carbocycles. The van der Waals surface area contributed by atoms with E-state index in [1.807, 2.05) is 19.0 Å². The van der Waals surface area contributed by atoms with Crippen molar-refractivity contribution in [1.82, 2.24) is 9.88 Å². The van der Waals surface area contributed by atoms with Crippen LogP contribution in [0.15, 0.2) is 12.1 Å². The van der Waals surface area contributed by atoms with Crippen LogP contribution in [0, 0.1) is 16.0 Å². The molecular formula is C12H17ClN4O2. The molecule has 0 N–H and O–H groups in total. The first kappa shape index (κ1) is 14.0. The molecule has 19 heavy (non-hydrogen) atoms. The molecule has 7 heteroatoms. The topological polar surface area (TPSA) is 62.5 Å². The predicted octanol–water partition coefficient (Wildman–Crippen LogP) is 2.03. The first-order valence-corrected chi connectivity index (χ1v) is 6.50. The van der Waals surface area contributed by atoms with E-state index in [-0.39, 0.29) is 10.8 Å². The summed E-state index contributed by atoms with van der Waals surface area (Å²) in [7, 11) is 4.04. The number of likely N-dealkylation sites (N-methyl/N-ethyl adjacent to an activating group) is 1. The molecule has 0 amide bonds. The first-order chi connectivity index (χ1) is 8.90. The van der Waals surface area contributed by atoms with Gasteiger partial charge >= 0.3 is 5.69 Å². The highest BCUT2D eigenvalue weighted by atomic mass is 35.5. The van der Waals surface area contributed by atoms with E-state index in [4.69, 9.17) is 11.6 Å². The van der Waals surface area contributed by atoms with Gasteiger partial charge in [0.1, 0.15) is 5.15 Å². The quantitative estimate of drug-likeness (QED) is 0.483. The molecule has 2 atom stereocenters. The van der Waals surface area contributed by atoms with Crippen LogP contribution in [0.2, 0.25) is 5.15 Å². The third-order valence-corrected chi connectivity index (χ3v) is 3.76. The van der Waals surface area contributed by atoms with Gasteiger partial charge in [-0.3, -0.25) is 10.1 Å². The number of anilines is 1. The van der Waals surface area contributed by atoms with Crippen LogP contribution in [0.1, 0.15) is 6.92 Å². The third-order valence-electron chi connectivity index (χ3n) is 3.55. The van der Waals surface area contributed by atoms with Crippen molar-refractivity contribution in [3.63, 3.8) is 0 Å². The summed E-state index contributed by atoms with van der Waals surface area (Å²) in [6.07, 6.45) is 0. The molecule has 2 heterocycles. The van der Waals surface area contributed by atoms with E-state index in [1.165, 1.54) is 12.1 Å². The summed E-state index contributed by atoms with van der Waals surface area (Å²) in [5.41, 5.74) is 0.0102. The Morgan fingerprint density at radius 3 is 2.68 bits per heavy atom. The highest BCUT2D eigenvalue weighted by Gasteiger charge is 2.34. The summed E-state index contributed by atoms with van der Waals surface area (Å²) in [6.45, 7) is 3.61. The van der Waals surface area contributed by atoms with Crippen LogP contribution >= 0.6 is 11.6 Å². The largest absolute Gasteiger partial charge is 0.349 e. The minimum atomic E-state index is -0.410. The molecule has 1 aromatic heterocycles. The fraction of sp³-hybridized carbons (Fsp3) is 0.583. The average Bonchev–Trinajstić information content (AvgIpc) is 2.70. The van der Waals surface area contributed by atoms with E-state index in [1.54, 1.807) is 0 Å². The second-order valence-electron chi connectivity index (χ2n) is 5.15. The molecule has 0 radical (unpaired) electrons. The molecule has 1 fully saturated rings. The van der Waals surface area contributed by atoms with Gasteiger partial charge < -0.3 is 9.80 Å². The van der Waals surface area contributed by atoms with E-state index >= 15 is 0 Å². The van der Waals surface area contributed by atoms with Crippen LogP contribution in [-0.4, -0.2) is 48.0 Å². The molecule has 2 unspecified atom stereocenters. The molecule has 1 aliphatic heterocycles. The van der Waals surface area contributed by atoms with Crippen LogP contribution in [0.5, 0.6) is 0 Å². The van der Waals surface area contributed by atoms with Gasteiger partial charge in [0.2, 0.25) is 5.82 Å². The maximum atomic E-state index is 11.1. The average molecular weight is 285 g/mol. The highest BCUT2D eigenvalue weighted by Crippen LogP contribution is 2.32. The zero-order valence-corrected chi connectivity index (χ0v) is 12.0. The monoisotopic (exact) mass is 284 g/mol. The molecule has 0 bridgehead atoms. The standard InChI is InChI=1S/C12H17ClN4O2/c1-8-6-16(7-10(8)15(2)3)12-9(17(18)19)4-5-11(13)14-12/h4-5,8,10H,6-7H2,1-3H3. The third kappa shape index (κ3) is 2.79. The molecule has 0 aliphatic carbocycles. The maximum absolute atomic E-state index is 11.1. The van der Waals surface area contributed by atoms with Crippen LogP contribution in [0.4, 0.5) is 11.5 Å². The van der Waals surface area contributed by atoms with Gasteiger partial charge in [-0.2, -0.15) is 0 Å². The summed E-state index contributed by atoms with van der Waals surface area (Å²) in [4.78, 5) is 18.9. The van der Waals surface area contributed by atoms with Gasteiger partial charge in [0.05, 0.1) is 4.92 Å². The Bertz CT molecular complexity index is 495. The summed E-state index contributed by atoms with van der Waals surface area (Å²) < 4.78 is 0. The molecule has 1 aromatic rings. The van der Waals surface area contributed by atoms with Gasteiger partial charge in [0.25, 0.3) is 0 Å². The molecular weight excluding hydrogens is 268 g/mol. The van der Waals surface area contributed by atoms with Crippen molar-refractivity contribution in [3.8, 4) is 0 Å². The van der Waals surface area contributed by atoms with Gasteiger partial charge in [-0.15, -0.1) is 0 Å². The van der Waals surface area contributed by atoms with E-state index in [9.17, 15) is 10.1 Å². The second kappa shape index (κ2) is 5.30. The Hall–Kier alpha value is -1.40. The Labute approximate surface area is 117 Å². The van der Waals surface area contributed by atoms with Crippen LogP contribution in [-0.2, 0) is 0 Å². The lowest BCUT2D eigenvalue weighted by Gasteiger charge is -2.22. The Balaban J connectivity index is 2.33. The summed E-state index contributed by atoms with van der Waals surface area (Å²) >= 11 is 5.86. The van der Waals surface area contributed by atoms with E-state index in [2.05, 4.69) is 16.8 Å². The second-order valence-corrected chi connectivity index (χ2v) is 5.53. The smallest absolute Gasteiger partial charge is 0.311 e. The predicted molar refractivity (Wildman–Crippen MR) is 74.8 cm³/mol. The fourth-order valence-corrected chi connectivity index (χ4v) is 2.73. The number of nitrogens with zero attached hydrogens (tertiary/aromatic N) is 4. The van der Waals surface area contributed by atoms with Crippen molar-refractivity contribution >= 4 is 23.1 Å². The van der Waals surface area contributed by atoms with Crippen molar-refractivity contribution < 1.29 is 4.92 Å². The van der Waals surface area contributed by atoms with Crippen LogP contribution in [0.3, 0.4) is 0 Å². The number of aromatic nitrogens is 1. The molecule has 0 aromatic carbocycles. The summed E-state index contributed by atoms with van der Waals surface area (Å²) in [5.74, 6) is 0.795. The lowest BCUT2D eigenvalue weighted by molar-refractivity contribution is -0.384. The van der Waals surface area contributed by atoms with Gasteiger partial charge in [-0.25, -0.2) is 4.98 Å². The SMILES string of the molecule is CC1CN(c2nc(Cl)ccc2[N+](=O)[O-])CC1N(C)C. The first-order valence-electron chi connectivity index (χ1n) is 6.12. The van der Waals surface area contributed by atoms with Gasteiger partial charge in [0, 0.05) is 25.2 Å². The summed E-state index contributed by atoms with van der Waals surface area (Å²) in [5, 5.41) is 11.4. The zero-order valence-electron chi connectivity index (χ0n) is 11.2. The lowest BCUT2D eigenvalue weighted by Crippen LogP contribution is -2.34. The van der Waals surface area contributed by atoms with Crippen molar-refractivity contribution in [2.75, 3.05) is 32.1 Å². The van der Waals surface area contributed by atoms with E-state index in [0.717, 1.165) is 13.1 Å². The number of rotatable bonds is 3. The van der Waals surface area contributed by atoms with Crippen LogP contribution in [0.25, 0.3) is 0 Å². The zero-order chi connectivity index (χ0) is 14.2. The van der Waals surface area contributed by atoms with E-state index < -0.39 is 4.92 Å². The van der Waals surface area contributed by atoms with Gasteiger partial charge in [0.15, 0.2) is 0 Å². The minimum absolute atomic E-state index is 0.0102. The fourth-order valence-electron chi connectivity index (χ4n) is 2.59. The van der Waals surface area contributed by atoms with Crippen molar-refractivity contribution in [1.29, 1.82) is 0 Å². The van der Waals surface area contributed by atoms with Crippen molar-refractivity contribution in [2.24, 2.45) is 5.92 Å². The van der Waals surface area contributed by atoms with Gasteiger partial charge in [-0.1, -0.05) is 18.5 Å². The minimum Gasteiger partial charge on any atom is -0.349 e. The highest BCUT2D eigenvalue weighted by molar-refractivity contribution is 6.29. The van der Waals surface area contributed by atoms with Crippen molar-refractivity contribution in [2.45, 2.75) is 13.0 Å². The van der Waals surface area contributed by atoms with Crippen molar-refractivity contribution in [3.05, 3.63) is 27.4 Å². The molecule has 0 spiro atoms. The Morgan fingerprint density at radius 2 is 2.16 bits per heavy atom. The Kier molecular flexibility index (Phi) is 3.91. The Morgan fingerprint density at radius 1 is 1.47 bits per heavy atom. The summed E-state index contributed by atoms with van der Waals surface area (Å²) in [6, 6.07) is 3.23.